The summed E-state index contributed by atoms with van der Waals surface area (Å²) in [4.78, 5) is 17.9. The molecule has 104 valence electrons. The number of pyridine rings is 1. The number of rotatable bonds is 2. The predicted octanol–water partition coefficient (Wildman–Crippen LogP) is 0.384. The highest BCUT2D eigenvalue weighted by molar-refractivity contribution is 7.91. The third-order valence-corrected chi connectivity index (χ3v) is 4.83. The second kappa shape index (κ2) is 5.56. The summed E-state index contributed by atoms with van der Waals surface area (Å²) in [6, 6.07) is 3.42. The molecule has 6 nitrogen and oxygen atoms in total. The lowest BCUT2D eigenvalue weighted by Crippen LogP contribution is -2.34. The molecule has 0 atom stereocenters. The summed E-state index contributed by atoms with van der Waals surface area (Å²) in [6.07, 6.45) is 2.07. The molecule has 1 aliphatic heterocycles. The Morgan fingerprint density at radius 3 is 2.74 bits per heavy atom. The summed E-state index contributed by atoms with van der Waals surface area (Å²) in [5, 5.41) is 2.93. The first kappa shape index (κ1) is 13.8. The molecule has 1 aromatic heterocycles. The van der Waals surface area contributed by atoms with E-state index in [9.17, 15) is 13.2 Å². The molecule has 2 heterocycles. The molecule has 1 aliphatic rings. The summed E-state index contributed by atoms with van der Waals surface area (Å²) in [5.41, 5.74) is 1.17. The van der Waals surface area contributed by atoms with Crippen LogP contribution in [0.2, 0.25) is 0 Å². The van der Waals surface area contributed by atoms with Crippen molar-refractivity contribution in [1.29, 1.82) is 0 Å². The molecule has 0 spiro atoms. The van der Waals surface area contributed by atoms with Gasteiger partial charge in [-0.2, -0.15) is 0 Å². The van der Waals surface area contributed by atoms with Gasteiger partial charge in [0.2, 0.25) is 0 Å². The SMILES string of the molecule is CNc1ccc(C(=O)N2CCCS(=O)(=O)CC2)nc1. The molecule has 7 heteroatoms. The maximum Gasteiger partial charge on any atom is 0.272 e. The number of hydrogen-bond donors (Lipinski definition) is 1. The van der Waals surface area contributed by atoms with Crippen molar-refractivity contribution in [2.75, 3.05) is 37.0 Å². The maximum atomic E-state index is 12.2. The van der Waals surface area contributed by atoms with E-state index >= 15 is 0 Å². The normalized spacial score (nSPS) is 18.7. The fourth-order valence-electron chi connectivity index (χ4n) is 1.97. The van der Waals surface area contributed by atoms with E-state index in [0.717, 1.165) is 5.69 Å². The van der Waals surface area contributed by atoms with E-state index in [0.29, 0.717) is 18.7 Å². The van der Waals surface area contributed by atoms with E-state index in [1.807, 2.05) is 0 Å². The molecule has 0 saturated carbocycles. The first-order chi connectivity index (χ1) is 9.02. The summed E-state index contributed by atoms with van der Waals surface area (Å²) < 4.78 is 23.0. The first-order valence-electron chi connectivity index (χ1n) is 6.15. The van der Waals surface area contributed by atoms with E-state index in [2.05, 4.69) is 10.3 Å². The van der Waals surface area contributed by atoms with E-state index in [4.69, 9.17) is 0 Å². The number of sulfone groups is 1. The molecule has 0 bridgehead atoms. The number of nitrogens with one attached hydrogen (secondary N) is 1. The molecule has 2 rings (SSSR count). The fraction of sp³-hybridized carbons (Fsp3) is 0.500. The van der Waals surface area contributed by atoms with Crippen LogP contribution in [0.1, 0.15) is 16.9 Å². The van der Waals surface area contributed by atoms with Crippen LogP contribution in [-0.2, 0) is 9.84 Å². The average Bonchev–Trinajstić information content (AvgIpc) is 2.59. The monoisotopic (exact) mass is 283 g/mol. The molecular weight excluding hydrogens is 266 g/mol. The maximum absolute atomic E-state index is 12.2. The molecule has 1 fully saturated rings. The summed E-state index contributed by atoms with van der Waals surface area (Å²) in [6.45, 7) is 0.712. The second-order valence-corrected chi connectivity index (χ2v) is 6.78. The minimum Gasteiger partial charge on any atom is -0.387 e. The quantitative estimate of drug-likeness (QED) is 0.849. The molecule has 1 N–H and O–H groups in total. The Morgan fingerprint density at radius 2 is 2.11 bits per heavy atom. The van der Waals surface area contributed by atoms with Crippen molar-refractivity contribution >= 4 is 21.4 Å². The topological polar surface area (TPSA) is 79.4 Å². The zero-order chi connectivity index (χ0) is 13.9. The van der Waals surface area contributed by atoms with Gasteiger partial charge < -0.3 is 10.2 Å². The highest BCUT2D eigenvalue weighted by Gasteiger charge is 2.23. The summed E-state index contributed by atoms with van der Waals surface area (Å²) in [7, 11) is -1.23. The van der Waals surface area contributed by atoms with Crippen LogP contribution in [0.5, 0.6) is 0 Å². The van der Waals surface area contributed by atoms with Crippen molar-refractivity contribution in [2.45, 2.75) is 6.42 Å². The predicted molar refractivity (Wildman–Crippen MR) is 73.0 cm³/mol. The van der Waals surface area contributed by atoms with Crippen molar-refractivity contribution < 1.29 is 13.2 Å². The number of aromatic nitrogens is 1. The van der Waals surface area contributed by atoms with Gasteiger partial charge in [-0.3, -0.25) is 4.79 Å². The van der Waals surface area contributed by atoms with Gasteiger partial charge in [-0.1, -0.05) is 0 Å². The van der Waals surface area contributed by atoms with Crippen molar-refractivity contribution in [3.05, 3.63) is 24.0 Å². The largest absolute Gasteiger partial charge is 0.387 e. The van der Waals surface area contributed by atoms with E-state index < -0.39 is 9.84 Å². The lowest BCUT2D eigenvalue weighted by Gasteiger charge is -2.19. The number of amides is 1. The van der Waals surface area contributed by atoms with Gasteiger partial charge in [-0.25, -0.2) is 13.4 Å². The second-order valence-electron chi connectivity index (χ2n) is 4.48. The summed E-state index contributed by atoms with van der Waals surface area (Å²) >= 11 is 0. The fourth-order valence-corrected chi connectivity index (χ4v) is 3.24. The Morgan fingerprint density at radius 1 is 1.32 bits per heavy atom. The molecule has 1 aromatic rings. The highest BCUT2D eigenvalue weighted by Crippen LogP contribution is 2.11. The Bertz CT molecular complexity index is 554. The van der Waals surface area contributed by atoms with Crippen LogP contribution >= 0.6 is 0 Å². The highest BCUT2D eigenvalue weighted by atomic mass is 32.2. The molecule has 0 aliphatic carbocycles. The lowest BCUT2D eigenvalue weighted by molar-refractivity contribution is 0.0762. The Balaban J connectivity index is 2.10. The van der Waals surface area contributed by atoms with Gasteiger partial charge in [0, 0.05) is 20.1 Å². The smallest absolute Gasteiger partial charge is 0.272 e. The van der Waals surface area contributed by atoms with Gasteiger partial charge in [0.1, 0.15) is 5.69 Å². The van der Waals surface area contributed by atoms with Gasteiger partial charge in [0.05, 0.1) is 23.4 Å². The Labute approximate surface area is 112 Å². The van der Waals surface area contributed by atoms with Gasteiger partial charge in [-0.05, 0) is 18.6 Å². The van der Waals surface area contributed by atoms with Gasteiger partial charge in [-0.15, -0.1) is 0 Å². The molecule has 1 amide bonds. The molecule has 0 radical (unpaired) electrons. The number of carbonyl (C=O) groups is 1. The van der Waals surface area contributed by atoms with Crippen molar-refractivity contribution in [1.82, 2.24) is 9.88 Å². The van der Waals surface area contributed by atoms with E-state index in [-0.39, 0.29) is 24.0 Å². The third kappa shape index (κ3) is 3.44. The van der Waals surface area contributed by atoms with Crippen LogP contribution in [0.4, 0.5) is 5.69 Å². The van der Waals surface area contributed by atoms with Crippen LogP contribution in [0.15, 0.2) is 18.3 Å². The van der Waals surface area contributed by atoms with Crippen LogP contribution < -0.4 is 5.32 Å². The summed E-state index contributed by atoms with van der Waals surface area (Å²) in [5.74, 6) is -0.0178. The zero-order valence-corrected chi connectivity index (χ0v) is 11.6. The Hall–Kier alpha value is -1.63. The van der Waals surface area contributed by atoms with Crippen LogP contribution in [0.25, 0.3) is 0 Å². The molecule has 0 unspecified atom stereocenters. The number of anilines is 1. The van der Waals surface area contributed by atoms with Crippen molar-refractivity contribution in [3.63, 3.8) is 0 Å². The minimum atomic E-state index is -3.00. The van der Waals surface area contributed by atoms with E-state index in [1.165, 1.54) is 0 Å². The number of nitrogens with zero attached hydrogens (tertiary/aromatic N) is 2. The standard InChI is InChI=1S/C12H17N3O3S/c1-13-10-3-4-11(14-9-10)12(16)15-5-2-7-19(17,18)8-6-15/h3-4,9,13H,2,5-8H2,1H3. The van der Waals surface area contributed by atoms with Gasteiger partial charge >= 0.3 is 0 Å². The lowest BCUT2D eigenvalue weighted by atomic mass is 10.3. The Kier molecular flexibility index (Phi) is 4.04. The minimum absolute atomic E-state index is 0.0351. The zero-order valence-electron chi connectivity index (χ0n) is 10.8. The molecule has 19 heavy (non-hydrogen) atoms. The van der Waals surface area contributed by atoms with Crippen LogP contribution in [0.3, 0.4) is 0 Å². The average molecular weight is 283 g/mol. The van der Waals surface area contributed by atoms with E-state index in [1.54, 1.807) is 30.3 Å². The molecule has 1 saturated heterocycles. The molecule has 0 aromatic carbocycles. The third-order valence-electron chi connectivity index (χ3n) is 3.11. The van der Waals surface area contributed by atoms with Crippen LogP contribution in [0, 0.1) is 0 Å². The van der Waals surface area contributed by atoms with Gasteiger partial charge in [0.15, 0.2) is 9.84 Å². The molecular formula is C12H17N3O3S. The number of carbonyl (C=O) groups excluding carboxylic acids is 1. The number of hydrogen-bond acceptors (Lipinski definition) is 5. The van der Waals surface area contributed by atoms with Crippen molar-refractivity contribution in [3.8, 4) is 0 Å². The van der Waals surface area contributed by atoms with Gasteiger partial charge in [0.25, 0.3) is 5.91 Å². The van der Waals surface area contributed by atoms with Crippen LogP contribution in [-0.4, -0.2) is 55.9 Å². The van der Waals surface area contributed by atoms with Crippen molar-refractivity contribution in [2.24, 2.45) is 0 Å². The first-order valence-corrected chi connectivity index (χ1v) is 7.97.